The Morgan fingerprint density at radius 3 is 2.35 bits per heavy atom. The van der Waals surface area contributed by atoms with Crippen LogP contribution in [0.1, 0.15) is 38.3 Å². The molecule has 1 aromatic rings. The number of benzene rings is 1. The Bertz CT molecular complexity index is 789. The minimum atomic E-state index is -3.94. The van der Waals surface area contributed by atoms with Crippen LogP contribution < -0.4 is 4.72 Å². The average Bonchev–Trinajstić information content (AvgIpc) is 2.75. The van der Waals surface area contributed by atoms with E-state index < -0.39 is 22.0 Å². The molecule has 7 nitrogen and oxygen atoms in total. The number of carboxylic acids is 1. The lowest BCUT2D eigenvalue weighted by molar-refractivity contribution is -0.139. The van der Waals surface area contributed by atoms with Crippen LogP contribution in [0.2, 0.25) is 0 Å². The second kappa shape index (κ2) is 8.18. The van der Waals surface area contributed by atoms with Crippen LogP contribution in [0.5, 0.6) is 0 Å². The third-order valence-electron chi connectivity index (χ3n) is 4.54. The van der Waals surface area contributed by atoms with E-state index in [1.54, 1.807) is 17.0 Å². The van der Waals surface area contributed by atoms with Gasteiger partial charge in [-0.15, -0.1) is 0 Å². The number of carbonyl (C=O) groups excluding carboxylic acids is 1. The molecule has 0 radical (unpaired) electrons. The van der Waals surface area contributed by atoms with Crippen LogP contribution in [-0.2, 0) is 32.5 Å². The van der Waals surface area contributed by atoms with Gasteiger partial charge in [-0.05, 0) is 48.4 Å². The van der Waals surface area contributed by atoms with E-state index in [4.69, 9.17) is 0 Å². The molecule has 0 aromatic heterocycles. The summed E-state index contributed by atoms with van der Waals surface area (Å²) >= 11 is 0. The van der Waals surface area contributed by atoms with Gasteiger partial charge < -0.3 is 10.0 Å². The second-order valence-corrected chi connectivity index (χ2v) is 8.79. The topological polar surface area (TPSA) is 104 Å². The summed E-state index contributed by atoms with van der Waals surface area (Å²) in [5.74, 6) is -1.14. The number of sulfonamides is 1. The van der Waals surface area contributed by atoms with Gasteiger partial charge in [0, 0.05) is 20.0 Å². The molecule has 0 saturated heterocycles. The molecule has 0 saturated carbocycles. The van der Waals surface area contributed by atoms with Crippen LogP contribution in [0.3, 0.4) is 0 Å². The first-order valence-electron chi connectivity index (χ1n) is 8.72. The number of nitrogens with zero attached hydrogens (tertiary/aromatic N) is 1. The molecule has 2 N–H and O–H groups in total. The quantitative estimate of drug-likeness (QED) is 0.774. The molecular formula is C18H26N2O5S. The van der Waals surface area contributed by atoms with Gasteiger partial charge in [0.05, 0.1) is 4.90 Å². The van der Waals surface area contributed by atoms with E-state index in [1.165, 1.54) is 13.0 Å². The number of hydrogen-bond donors (Lipinski definition) is 2. The number of carbonyl (C=O) groups is 2. The van der Waals surface area contributed by atoms with Gasteiger partial charge in [0.25, 0.3) is 0 Å². The highest BCUT2D eigenvalue weighted by molar-refractivity contribution is 7.89. The minimum Gasteiger partial charge on any atom is -0.480 e. The fraction of sp³-hybridized carbons (Fsp3) is 0.556. The van der Waals surface area contributed by atoms with Crippen LogP contribution in [0.25, 0.3) is 0 Å². The SMILES string of the molecule is CC(=O)N1CCc2ccc(S(=O)(=O)NC(CC(C)C)C(=O)O)cc2CC1. The normalized spacial score (nSPS) is 16.1. The summed E-state index contributed by atoms with van der Waals surface area (Å²) in [5, 5.41) is 9.28. The molecule has 1 aliphatic heterocycles. The third-order valence-corrected chi connectivity index (χ3v) is 6.01. The summed E-state index contributed by atoms with van der Waals surface area (Å²) in [6.45, 7) is 6.36. The number of carboxylic acid groups (broad SMARTS) is 1. The van der Waals surface area contributed by atoms with Crippen LogP contribution in [0.4, 0.5) is 0 Å². The van der Waals surface area contributed by atoms with Gasteiger partial charge in [0.15, 0.2) is 0 Å². The molecule has 1 aromatic carbocycles. The summed E-state index contributed by atoms with van der Waals surface area (Å²) in [5.41, 5.74) is 1.90. The Balaban J connectivity index is 2.24. The molecule has 0 fully saturated rings. The lowest BCUT2D eigenvalue weighted by Crippen LogP contribution is -2.41. The first-order valence-corrected chi connectivity index (χ1v) is 10.2. The van der Waals surface area contributed by atoms with Crippen molar-refractivity contribution in [3.63, 3.8) is 0 Å². The average molecular weight is 382 g/mol. The maximum atomic E-state index is 12.6. The lowest BCUT2D eigenvalue weighted by Gasteiger charge is -2.17. The van der Waals surface area contributed by atoms with Gasteiger partial charge in [-0.1, -0.05) is 19.9 Å². The molecule has 1 amide bonds. The van der Waals surface area contributed by atoms with Crippen LogP contribution >= 0.6 is 0 Å². The molecule has 1 heterocycles. The summed E-state index contributed by atoms with van der Waals surface area (Å²) in [6, 6.07) is 3.69. The predicted octanol–water partition coefficient (Wildman–Crippen LogP) is 1.41. The molecule has 0 spiro atoms. The van der Waals surface area contributed by atoms with E-state index in [0.29, 0.717) is 25.9 Å². The van der Waals surface area contributed by atoms with Crippen molar-refractivity contribution in [1.29, 1.82) is 0 Å². The molecule has 2 rings (SSSR count). The maximum Gasteiger partial charge on any atom is 0.321 e. The van der Waals surface area contributed by atoms with Crippen molar-refractivity contribution in [2.24, 2.45) is 5.92 Å². The maximum absolute atomic E-state index is 12.6. The van der Waals surface area contributed by atoms with E-state index >= 15 is 0 Å². The zero-order valence-electron chi connectivity index (χ0n) is 15.4. The monoisotopic (exact) mass is 382 g/mol. The summed E-state index contributed by atoms with van der Waals surface area (Å²) in [4.78, 5) is 24.7. The molecule has 0 aliphatic carbocycles. The summed E-state index contributed by atoms with van der Waals surface area (Å²) < 4.78 is 27.6. The van der Waals surface area contributed by atoms with E-state index in [1.807, 2.05) is 13.8 Å². The Kier molecular flexibility index (Phi) is 6.41. The highest BCUT2D eigenvalue weighted by atomic mass is 32.2. The minimum absolute atomic E-state index is 0.00491. The van der Waals surface area contributed by atoms with E-state index in [2.05, 4.69) is 4.72 Å². The van der Waals surface area contributed by atoms with Crippen molar-refractivity contribution in [1.82, 2.24) is 9.62 Å². The van der Waals surface area contributed by atoms with E-state index in [0.717, 1.165) is 11.1 Å². The van der Waals surface area contributed by atoms with E-state index in [-0.39, 0.29) is 23.1 Å². The van der Waals surface area contributed by atoms with Crippen molar-refractivity contribution in [3.05, 3.63) is 29.3 Å². The van der Waals surface area contributed by atoms with Crippen molar-refractivity contribution >= 4 is 21.9 Å². The second-order valence-electron chi connectivity index (χ2n) is 7.08. The lowest BCUT2D eigenvalue weighted by atomic mass is 10.0. The van der Waals surface area contributed by atoms with E-state index in [9.17, 15) is 23.1 Å². The van der Waals surface area contributed by atoms with Crippen LogP contribution in [-0.4, -0.2) is 49.4 Å². The van der Waals surface area contributed by atoms with Gasteiger partial charge >= 0.3 is 5.97 Å². The summed E-state index contributed by atoms with van der Waals surface area (Å²) in [7, 11) is -3.94. The standard InChI is InChI=1S/C18H26N2O5S/c1-12(2)10-17(18(22)23)19-26(24,25)16-5-4-14-6-8-20(13(3)21)9-7-15(14)11-16/h4-5,11-12,17,19H,6-10H2,1-3H3,(H,22,23). The van der Waals surface area contributed by atoms with Gasteiger partial charge in [-0.3, -0.25) is 9.59 Å². The molecular weight excluding hydrogens is 356 g/mol. The Labute approximate surface area is 154 Å². The zero-order chi connectivity index (χ0) is 19.5. The molecule has 8 heteroatoms. The first-order chi connectivity index (χ1) is 12.1. The number of fused-ring (bicyclic) bond motifs is 1. The molecule has 144 valence electrons. The highest BCUT2D eigenvalue weighted by Gasteiger charge is 2.27. The number of amides is 1. The van der Waals surface area contributed by atoms with Gasteiger partial charge in [0.2, 0.25) is 15.9 Å². The third kappa shape index (κ3) is 5.04. The number of aliphatic carboxylic acids is 1. The Hall–Kier alpha value is -1.93. The molecule has 1 aliphatic rings. The fourth-order valence-corrected chi connectivity index (χ4v) is 4.36. The smallest absolute Gasteiger partial charge is 0.321 e. The summed E-state index contributed by atoms with van der Waals surface area (Å²) in [6.07, 6.45) is 1.47. The Morgan fingerprint density at radius 1 is 1.19 bits per heavy atom. The van der Waals surface area contributed by atoms with Crippen molar-refractivity contribution in [3.8, 4) is 0 Å². The number of hydrogen-bond acceptors (Lipinski definition) is 4. The largest absolute Gasteiger partial charge is 0.480 e. The first kappa shape index (κ1) is 20.4. The van der Waals surface area contributed by atoms with Crippen molar-refractivity contribution < 1.29 is 23.1 Å². The molecule has 26 heavy (non-hydrogen) atoms. The van der Waals surface area contributed by atoms with Crippen LogP contribution in [0, 0.1) is 5.92 Å². The number of nitrogens with one attached hydrogen (secondary N) is 1. The van der Waals surface area contributed by atoms with Crippen molar-refractivity contribution in [2.75, 3.05) is 13.1 Å². The molecule has 0 bridgehead atoms. The van der Waals surface area contributed by atoms with Crippen LogP contribution in [0.15, 0.2) is 23.1 Å². The van der Waals surface area contributed by atoms with Gasteiger partial charge in [0.1, 0.15) is 6.04 Å². The molecule has 1 atom stereocenters. The fourth-order valence-electron chi connectivity index (χ4n) is 3.11. The van der Waals surface area contributed by atoms with Gasteiger partial charge in [-0.25, -0.2) is 8.42 Å². The number of rotatable bonds is 6. The zero-order valence-corrected chi connectivity index (χ0v) is 16.2. The highest BCUT2D eigenvalue weighted by Crippen LogP contribution is 2.21. The molecule has 1 unspecified atom stereocenters. The Morgan fingerprint density at radius 2 is 1.81 bits per heavy atom. The van der Waals surface area contributed by atoms with Gasteiger partial charge in [-0.2, -0.15) is 4.72 Å². The predicted molar refractivity (Wildman–Crippen MR) is 97.3 cm³/mol. The van der Waals surface area contributed by atoms with Crippen molar-refractivity contribution in [2.45, 2.75) is 51.0 Å².